The minimum Gasteiger partial charge on any atom is -0.356 e. The lowest BCUT2D eigenvalue weighted by Gasteiger charge is -2.14. The number of guanidine groups is 1. The Kier molecular flexibility index (Phi) is 5.69. The molecule has 1 aromatic rings. The van der Waals surface area contributed by atoms with Crippen molar-refractivity contribution in [3.8, 4) is 0 Å². The molecule has 18 heavy (non-hydrogen) atoms. The zero-order valence-corrected chi connectivity index (χ0v) is 12.2. The van der Waals surface area contributed by atoms with Crippen LogP contribution in [0.5, 0.6) is 0 Å². The van der Waals surface area contributed by atoms with Gasteiger partial charge < -0.3 is 10.6 Å². The van der Waals surface area contributed by atoms with Crippen molar-refractivity contribution in [2.24, 2.45) is 4.99 Å². The lowest BCUT2D eigenvalue weighted by Crippen LogP contribution is -2.41. The van der Waals surface area contributed by atoms with Gasteiger partial charge in [0.1, 0.15) is 0 Å². The van der Waals surface area contributed by atoms with Crippen molar-refractivity contribution in [1.82, 2.24) is 10.6 Å². The Bertz CT molecular complexity index is 388. The zero-order chi connectivity index (χ0) is 13.5. The van der Waals surface area contributed by atoms with Crippen molar-refractivity contribution in [2.75, 3.05) is 13.6 Å². The molecule has 0 aliphatic rings. The lowest BCUT2D eigenvalue weighted by atomic mass is 10.1. The Morgan fingerprint density at radius 2 is 1.78 bits per heavy atom. The first-order valence-corrected chi connectivity index (χ1v) is 6.55. The predicted octanol–water partition coefficient (Wildman–Crippen LogP) is 2.42. The van der Waals surface area contributed by atoms with Gasteiger partial charge in [-0.05, 0) is 39.7 Å². The first kappa shape index (κ1) is 14.6. The van der Waals surface area contributed by atoms with Gasteiger partial charge in [-0.25, -0.2) is 0 Å². The highest BCUT2D eigenvalue weighted by molar-refractivity contribution is 5.79. The molecule has 0 amide bonds. The molecule has 2 N–H and O–H groups in total. The van der Waals surface area contributed by atoms with E-state index >= 15 is 0 Å². The van der Waals surface area contributed by atoms with E-state index in [9.17, 15) is 0 Å². The van der Waals surface area contributed by atoms with E-state index in [0.29, 0.717) is 6.04 Å². The van der Waals surface area contributed by atoms with Gasteiger partial charge in [0.2, 0.25) is 0 Å². The second-order valence-corrected chi connectivity index (χ2v) is 5.04. The summed E-state index contributed by atoms with van der Waals surface area (Å²) >= 11 is 0. The van der Waals surface area contributed by atoms with Gasteiger partial charge in [0.05, 0.1) is 0 Å². The second kappa shape index (κ2) is 7.04. The first-order chi connectivity index (χ1) is 8.51. The number of hydrogen-bond donors (Lipinski definition) is 2. The van der Waals surface area contributed by atoms with Gasteiger partial charge in [0, 0.05) is 19.6 Å². The average Bonchev–Trinajstić information content (AvgIpc) is 2.25. The maximum Gasteiger partial charge on any atom is 0.191 e. The highest BCUT2D eigenvalue weighted by atomic mass is 15.2. The molecule has 1 aromatic carbocycles. The first-order valence-electron chi connectivity index (χ1n) is 6.55. The summed E-state index contributed by atoms with van der Waals surface area (Å²) in [5.74, 6) is 0.870. The van der Waals surface area contributed by atoms with E-state index in [1.165, 1.54) is 16.7 Å². The highest BCUT2D eigenvalue weighted by Gasteiger charge is 2.00. The minimum atomic E-state index is 0.400. The smallest absolute Gasteiger partial charge is 0.191 e. The van der Waals surface area contributed by atoms with Gasteiger partial charge in [0.15, 0.2) is 5.96 Å². The van der Waals surface area contributed by atoms with Crippen LogP contribution < -0.4 is 10.6 Å². The van der Waals surface area contributed by atoms with E-state index in [1.54, 1.807) is 7.05 Å². The molecule has 0 spiro atoms. The number of aryl methyl sites for hydroxylation is 2. The monoisotopic (exact) mass is 247 g/mol. The topological polar surface area (TPSA) is 36.4 Å². The summed E-state index contributed by atoms with van der Waals surface area (Å²) in [5.41, 5.74) is 4.03. The maximum atomic E-state index is 4.19. The van der Waals surface area contributed by atoms with Crippen molar-refractivity contribution >= 4 is 5.96 Å². The van der Waals surface area contributed by atoms with Crippen molar-refractivity contribution in [3.63, 3.8) is 0 Å². The minimum absolute atomic E-state index is 0.400. The molecule has 1 rings (SSSR count). The van der Waals surface area contributed by atoms with Gasteiger partial charge in [-0.1, -0.05) is 29.3 Å². The van der Waals surface area contributed by atoms with Crippen molar-refractivity contribution in [3.05, 3.63) is 34.9 Å². The molecule has 0 aromatic heterocycles. The van der Waals surface area contributed by atoms with Crippen LogP contribution in [0.1, 0.15) is 30.5 Å². The molecular weight excluding hydrogens is 222 g/mol. The van der Waals surface area contributed by atoms with Gasteiger partial charge >= 0.3 is 0 Å². The van der Waals surface area contributed by atoms with Crippen molar-refractivity contribution in [2.45, 2.75) is 40.2 Å². The third kappa shape index (κ3) is 5.21. The quantitative estimate of drug-likeness (QED) is 0.633. The molecule has 0 aliphatic carbocycles. The Hall–Kier alpha value is -1.51. The highest BCUT2D eigenvalue weighted by Crippen LogP contribution is 2.08. The summed E-state index contributed by atoms with van der Waals surface area (Å²) in [5, 5.41) is 6.60. The van der Waals surface area contributed by atoms with Crippen LogP contribution in [-0.4, -0.2) is 25.6 Å². The third-order valence-corrected chi connectivity index (χ3v) is 2.64. The number of rotatable bonds is 4. The molecule has 0 unspecified atom stereocenters. The van der Waals surface area contributed by atoms with E-state index in [4.69, 9.17) is 0 Å². The summed E-state index contributed by atoms with van der Waals surface area (Å²) in [7, 11) is 1.80. The Labute approximate surface area is 111 Å². The molecule has 3 heteroatoms. The maximum absolute atomic E-state index is 4.19. The number of nitrogens with one attached hydrogen (secondary N) is 2. The molecule has 3 nitrogen and oxygen atoms in total. The van der Waals surface area contributed by atoms with Crippen molar-refractivity contribution in [1.29, 1.82) is 0 Å². The molecule has 0 saturated carbocycles. The summed E-state index contributed by atoms with van der Waals surface area (Å²) in [6.45, 7) is 9.40. The predicted molar refractivity (Wildman–Crippen MR) is 79.3 cm³/mol. The zero-order valence-electron chi connectivity index (χ0n) is 12.2. The van der Waals surface area contributed by atoms with Gasteiger partial charge in [0.25, 0.3) is 0 Å². The SMILES string of the molecule is CN=C(NCCc1cc(C)cc(C)c1)NC(C)C. The molecule has 0 aliphatic heterocycles. The fraction of sp³-hybridized carbons (Fsp3) is 0.533. The van der Waals surface area contributed by atoms with Crippen LogP contribution in [0, 0.1) is 13.8 Å². The van der Waals surface area contributed by atoms with Crippen LogP contribution in [-0.2, 0) is 6.42 Å². The fourth-order valence-corrected chi connectivity index (χ4v) is 2.01. The van der Waals surface area contributed by atoms with E-state index in [-0.39, 0.29) is 0 Å². The standard InChI is InChI=1S/C15H25N3/c1-11(2)18-15(16-5)17-7-6-14-9-12(3)8-13(4)10-14/h8-11H,6-7H2,1-5H3,(H2,16,17,18). The summed E-state index contributed by atoms with van der Waals surface area (Å²) in [6, 6.07) is 7.09. The Morgan fingerprint density at radius 1 is 1.17 bits per heavy atom. The van der Waals surface area contributed by atoms with E-state index in [1.807, 2.05) is 0 Å². The molecule has 0 heterocycles. The molecule has 0 atom stereocenters. The molecule has 0 saturated heterocycles. The van der Waals surface area contributed by atoms with Gasteiger partial charge in [-0.2, -0.15) is 0 Å². The molecule has 100 valence electrons. The molecular formula is C15H25N3. The Morgan fingerprint density at radius 3 is 2.28 bits per heavy atom. The number of benzene rings is 1. The average molecular weight is 247 g/mol. The fourth-order valence-electron chi connectivity index (χ4n) is 2.01. The van der Waals surface area contributed by atoms with Crippen LogP contribution in [0.2, 0.25) is 0 Å². The largest absolute Gasteiger partial charge is 0.356 e. The second-order valence-electron chi connectivity index (χ2n) is 5.04. The molecule has 0 fully saturated rings. The molecule has 0 radical (unpaired) electrons. The van der Waals surface area contributed by atoms with Gasteiger partial charge in [-0.3, -0.25) is 4.99 Å². The number of nitrogens with zero attached hydrogens (tertiary/aromatic N) is 1. The third-order valence-electron chi connectivity index (χ3n) is 2.64. The van der Waals surface area contributed by atoms with E-state index in [2.05, 4.69) is 61.5 Å². The molecule has 0 bridgehead atoms. The van der Waals surface area contributed by atoms with Crippen LogP contribution in [0.25, 0.3) is 0 Å². The summed E-state index contributed by atoms with van der Waals surface area (Å²) in [6.07, 6.45) is 1.02. The normalized spacial score (nSPS) is 11.8. The van der Waals surface area contributed by atoms with E-state index in [0.717, 1.165) is 18.9 Å². The number of hydrogen-bond acceptors (Lipinski definition) is 1. The summed E-state index contributed by atoms with van der Waals surface area (Å²) in [4.78, 5) is 4.19. The Balaban J connectivity index is 2.45. The van der Waals surface area contributed by atoms with Crippen LogP contribution in [0.15, 0.2) is 23.2 Å². The lowest BCUT2D eigenvalue weighted by molar-refractivity contribution is 0.698. The summed E-state index contributed by atoms with van der Waals surface area (Å²) < 4.78 is 0. The van der Waals surface area contributed by atoms with Crippen LogP contribution >= 0.6 is 0 Å². The van der Waals surface area contributed by atoms with Gasteiger partial charge in [-0.15, -0.1) is 0 Å². The van der Waals surface area contributed by atoms with Crippen LogP contribution in [0.4, 0.5) is 0 Å². The van der Waals surface area contributed by atoms with E-state index < -0.39 is 0 Å². The number of aliphatic imine (C=N–C) groups is 1. The van der Waals surface area contributed by atoms with Crippen LogP contribution in [0.3, 0.4) is 0 Å². The van der Waals surface area contributed by atoms with Crippen molar-refractivity contribution < 1.29 is 0 Å².